The Morgan fingerprint density at radius 1 is 0.741 bits per heavy atom. The van der Waals surface area contributed by atoms with Crippen molar-refractivity contribution in [1.29, 1.82) is 0 Å². The third-order valence-corrected chi connectivity index (χ3v) is 11.8. The fraction of sp³-hybridized carbons (Fsp3) is 0.357. The van der Waals surface area contributed by atoms with Crippen molar-refractivity contribution in [2.75, 3.05) is 20.1 Å². The number of amides is 3. The molecule has 1 aliphatic carbocycles. The van der Waals surface area contributed by atoms with E-state index in [0.29, 0.717) is 29.9 Å². The van der Waals surface area contributed by atoms with Crippen molar-refractivity contribution < 1.29 is 19.5 Å². The zero-order chi connectivity index (χ0) is 36.9. The first-order valence-electron chi connectivity index (χ1n) is 19.0. The van der Waals surface area contributed by atoms with Crippen LogP contribution in [0.3, 0.4) is 0 Å². The molecule has 4 aliphatic rings. The van der Waals surface area contributed by atoms with E-state index < -0.39 is 12.1 Å². The van der Waals surface area contributed by atoms with E-state index in [0.717, 1.165) is 83.0 Å². The second-order valence-corrected chi connectivity index (χ2v) is 15.2. The number of aromatic amines is 2. The second kappa shape index (κ2) is 13.9. The maximum absolute atomic E-state index is 13.9. The lowest BCUT2D eigenvalue weighted by Crippen LogP contribution is -2.44. The molecule has 5 heterocycles. The van der Waals surface area contributed by atoms with E-state index in [1.807, 2.05) is 29.3 Å². The number of carbonyl (C=O) groups excluding carboxylic acids is 2. The summed E-state index contributed by atoms with van der Waals surface area (Å²) in [5, 5.41) is 13.3. The number of benzene rings is 3. The van der Waals surface area contributed by atoms with Gasteiger partial charge in [-0.15, -0.1) is 0 Å². The third kappa shape index (κ3) is 6.34. The van der Waals surface area contributed by atoms with Crippen LogP contribution in [0.15, 0.2) is 91.3 Å². The molecule has 12 nitrogen and oxygen atoms in total. The first-order chi connectivity index (χ1) is 26.3. The summed E-state index contributed by atoms with van der Waals surface area (Å²) < 4.78 is 0. The minimum Gasteiger partial charge on any atom is -0.465 e. The number of nitrogens with one attached hydrogen (secondary N) is 3. The van der Waals surface area contributed by atoms with Crippen molar-refractivity contribution >= 4 is 17.9 Å². The van der Waals surface area contributed by atoms with E-state index in [4.69, 9.17) is 9.97 Å². The molecule has 2 aromatic heterocycles. The average molecular weight is 725 g/mol. The summed E-state index contributed by atoms with van der Waals surface area (Å²) in [6.07, 6.45) is 8.15. The van der Waals surface area contributed by atoms with Gasteiger partial charge in [-0.3, -0.25) is 14.5 Å². The quantitative estimate of drug-likeness (QED) is 0.134. The number of fused-ring (bicyclic) bond motifs is 1. The van der Waals surface area contributed by atoms with Gasteiger partial charge in [-0.2, -0.15) is 0 Å². The molecule has 0 unspecified atom stereocenters. The molecule has 276 valence electrons. The number of likely N-dealkylation sites (tertiary alicyclic amines) is 2. The van der Waals surface area contributed by atoms with Gasteiger partial charge < -0.3 is 30.2 Å². The number of nitrogens with zero attached hydrogens (tertiary/aromatic N) is 5. The standard InChI is InChI=1S/C42H44N8O4/c1-48(42(53)54)37(29-7-3-2-4-8-29)41(52)50-20-6-10-36(50)39-44-24-34(47-39)28-17-13-26(14-18-28)25-11-15-27(16-12-25)33-23-43-38(46-33)35-9-5-19-49(35)40(51)32-22-30-21-31(30)45-32/h2-4,7-8,11-18,23-24,30-32,35-37,45H,5-6,9-10,19-22H2,1H3,(H,43,46)(H,44,47)(H,53,54)/t30-,31+,32+,35+,36+,37-/m1/s1. The van der Waals surface area contributed by atoms with E-state index in [2.05, 4.69) is 63.8 Å². The molecule has 12 heteroatoms. The average Bonchev–Trinajstić information content (AvgIpc) is 3.92. The van der Waals surface area contributed by atoms with Crippen molar-refractivity contribution in [2.24, 2.45) is 5.92 Å². The minimum absolute atomic E-state index is 0.00821. The van der Waals surface area contributed by atoms with Crippen molar-refractivity contribution in [3.8, 4) is 33.6 Å². The maximum atomic E-state index is 13.9. The zero-order valence-electron chi connectivity index (χ0n) is 30.2. The monoisotopic (exact) mass is 724 g/mol. The number of carboxylic acid groups (broad SMARTS) is 1. The highest BCUT2D eigenvalue weighted by Crippen LogP contribution is 2.42. The summed E-state index contributed by atoms with van der Waals surface area (Å²) in [4.78, 5) is 60.5. The number of likely N-dealkylation sites (N-methyl/N-ethyl adjacent to an activating group) is 1. The number of rotatable bonds is 9. The van der Waals surface area contributed by atoms with E-state index in [-0.39, 0.29) is 29.9 Å². The molecule has 3 aromatic carbocycles. The largest absolute Gasteiger partial charge is 0.465 e. The predicted octanol–water partition coefficient (Wildman–Crippen LogP) is 6.56. The van der Waals surface area contributed by atoms with Gasteiger partial charge in [-0.05, 0) is 72.3 Å². The lowest BCUT2D eigenvalue weighted by Gasteiger charge is -2.32. The van der Waals surface area contributed by atoms with Gasteiger partial charge in [0.2, 0.25) is 5.91 Å². The Morgan fingerprint density at radius 2 is 1.28 bits per heavy atom. The highest BCUT2D eigenvalue weighted by Gasteiger charge is 2.50. The Hall–Kier alpha value is -5.75. The Morgan fingerprint density at radius 3 is 1.81 bits per heavy atom. The van der Waals surface area contributed by atoms with E-state index in [1.165, 1.54) is 13.5 Å². The van der Waals surface area contributed by atoms with Crippen LogP contribution < -0.4 is 5.32 Å². The summed E-state index contributed by atoms with van der Waals surface area (Å²) in [7, 11) is 1.44. The summed E-state index contributed by atoms with van der Waals surface area (Å²) >= 11 is 0. The molecule has 3 saturated heterocycles. The third-order valence-electron chi connectivity index (χ3n) is 11.8. The second-order valence-electron chi connectivity index (χ2n) is 15.2. The Bertz CT molecular complexity index is 2150. The van der Waals surface area contributed by atoms with Crippen LogP contribution in [0.25, 0.3) is 33.6 Å². The van der Waals surface area contributed by atoms with Crippen molar-refractivity contribution in [2.45, 2.75) is 68.7 Å². The molecule has 6 atom stereocenters. The minimum atomic E-state index is -1.16. The number of hydrogen-bond acceptors (Lipinski definition) is 6. The Balaban J connectivity index is 0.861. The van der Waals surface area contributed by atoms with Crippen LogP contribution in [0, 0.1) is 5.92 Å². The van der Waals surface area contributed by atoms with Crippen LogP contribution in [-0.4, -0.2) is 89.9 Å². The van der Waals surface area contributed by atoms with Crippen molar-refractivity contribution in [3.63, 3.8) is 0 Å². The Labute approximate surface area is 313 Å². The van der Waals surface area contributed by atoms with Gasteiger partial charge in [0.1, 0.15) is 17.7 Å². The number of piperidine rings is 1. The zero-order valence-corrected chi connectivity index (χ0v) is 30.2. The van der Waals surface area contributed by atoms with Crippen LogP contribution in [0.2, 0.25) is 0 Å². The number of hydrogen-bond donors (Lipinski definition) is 4. The molecule has 54 heavy (non-hydrogen) atoms. The first-order valence-corrected chi connectivity index (χ1v) is 19.0. The maximum Gasteiger partial charge on any atom is 0.407 e. The molecule has 4 N–H and O–H groups in total. The van der Waals surface area contributed by atoms with Crippen LogP contribution >= 0.6 is 0 Å². The van der Waals surface area contributed by atoms with Gasteiger partial charge in [-0.1, -0.05) is 78.9 Å². The predicted molar refractivity (Wildman–Crippen MR) is 203 cm³/mol. The molecule has 0 radical (unpaired) electrons. The normalized spacial score (nSPS) is 23.7. The Kier molecular flexibility index (Phi) is 8.77. The highest BCUT2D eigenvalue weighted by atomic mass is 16.4. The molecule has 9 rings (SSSR count). The molecule has 3 amide bonds. The van der Waals surface area contributed by atoms with Gasteiger partial charge in [0.15, 0.2) is 0 Å². The first kappa shape index (κ1) is 34.0. The lowest BCUT2D eigenvalue weighted by atomic mass is 10.0. The van der Waals surface area contributed by atoms with Crippen LogP contribution in [0.1, 0.15) is 73.9 Å². The van der Waals surface area contributed by atoms with Gasteiger partial charge in [0.25, 0.3) is 5.91 Å². The number of carbonyl (C=O) groups is 3. The van der Waals surface area contributed by atoms with E-state index in [9.17, 15) is 19.5 Å². The molecule has 0 bridgehead atoms. The summed E-state index contributed by atoms with van der Waals surface area (Å²) in [5.74, 6) is 2.20. The molecule has 3 aliphatic heterocycles. The molecule has 4 fully saturated rings. The van der Waals surface area contributed by atoms with E-state index >= 15 is 0 Å². The molecule has 0 spiro atoms. The SMILES string of the molecule is CN(C(=O)O)[C@@H](C(=O)N1CCC[C@H]1c1ncc(-c2ccc(-c3ccc(-c4cnc([C@@H]5CCCN5C(=O)[C@@H]5C[C@H]6C[C@@H]6N5)[nH]4)cc3)cc2)[nH]1)c1ccccc1. The van der Waals surface area contributed by atoms with Gasteiger partial charge in [-0.25, -0.2) is 14.8 Å². The molecular formula is C42H44N8O4. The van der Waals surface area contributed by atoms with Crippen LogP contribution in [-0.2, 0) is 9.59 Å². The van der Waals surface area contributed by atoms with Crippen LogP contribution in [0.4, 0.5) is 4.79 Å². The molecule has 1 saturated carbocycles. The van der Waals surface area contributed by atoms with Crippen LogP contribution in [0.5, 0.6) is 0 Å². The lowest BCUT2D eigenvalue weighted by molar-refractivity contribution is -0.137. The topological polar surface area (TPSA) is 151 Å². The summed E-state index contributed by atoms with van der Waals surface area (Å²) in [6, 6.07) is 25.0. The number of H-pyrrole nitrogens is 2. The van der Waals surface area contributed by atoms with Gasteiger partial charge in [0, 0.05) is 26.2 Å². The fourth-order valence-electron chi connectivity index (χ4n) is 8.77. The van der Waals surface area contributed by atoms with Gasteiger partial charge >= 0.3 is 6.09 Å². The number of imidazole rings is 2. The molecular weight excluding hydrogens is 681 g/mol. The summed E-state index contributed by atoms with van der Waals surface area (Å²) in [5.41, 5.74) is 6.60. The van der Waals surface area contributed by atoms with Crippen molar-refractivity contribution in [3.05, 3.63) is 108 Å². The number of aromatic nitrogens is 4. The molecule has 5 aromatic rings. The van der Waals surface area contributed by atoms with E-state index in [1.54, 1.807) is 23.2 Å². The smallest absolute Gasteiger partial charge is 0.407 e. The fourth-order valence-corrected chi connectivity index (χ4v) is 8.77. The highest BCUT2D eigenvalue weighted by molar-refractivity contribution is 5.87. The van der Waals surface area contributed by atoms with Gasteiger partial charge in [0.05, 0.1) is 41.9 Å². The summed E-state index contributed by atoms with van der Waals surface area (Å²) in [6.45, 7) is 1.32. The van der Waals surface area contributed by atoms with Crippen molar-refractivity contribution in [1.82, 2.24) is 40.0 Å².